The van der Waals surface area contributed by atoms with Crippen molar-refractivity contribution in [3.63, 3.8) is 0 Å². The molecule has 190 valence electrons. The van der Waals surface area contributed by atoms with E-state index in [0.29, 0.717) is 11.3 Å². The summed E-state index contributed by atoms with van der Waals surface area (Å²) >= 11 is 2.48. The zero-order valence-electron chi connectivity index (χ0n) is 19.3. The molecule has 2 aromatic heterocycles. The van der Waals surface area contributed by atoms with Crippen LogP contribution in [0.5, 0.6) is 5.75 Å². The number of hydrogen-bond acceptors (Lipinski definition) is 10. The number of nitrogens with two attached hydrogens (primary N) is 1. The van der Waals surface area contributed by atoms with Gasteiger partial charge in [-0.1, -0.05) is 5.16 Å². The molecule has 12 nitrogen and oxygen atoms in total. The number of hydrogen-bond donors (Lipinski definition) is 4. The van der Waals surface area contributed by atoms with Gasteiger partial charge in [0.15, 0.2) is 23.6 Å². The first-order chi connectivity index (χ1) is 17.8. The topological polar surface area (TPSA) is 171 Å². The average Bonchev–Trinajstić information content (AvgIpc) is 3.30. The molecule has 2 aliphatic rings. The Hall–Kier alpha value is -4.17. The summed E-state index contributed by atoms with van der Waals surface area (Å²) in [6, 6.07) is 7.63. The average molecular weight is 542 g/mol. The Bertz CT molecular complexity index is 1500. The minimum absolute atomic E-state index is 0.0967. The van der Waals surface area contributed by atoms with Crippen LogP contribution in [0.2, 0.25) is 0 Å². The van der Waals surface area contributed by atoms with Crippen LogP contribution in [0.4, 0.5) is 5.13 Å². The Morgan fingerprint density at radius 2 is 2.19 bits per heavy atom. The molecular formula is C23H21N6O6S2+. The van der Waals surface area contributed by atoms with Gasteiger partial charge in [-0.25, -0.2) is 9.78 Å². The first-order valence-electron chi connectivity index (χ1n) is 10.9. The third-order valence-corrected chi connectivity index (χ3v) is 7.94. The van der Waals surface area contributed by atoms with Crippen LogP contribution in [0.25, 0.3) is 10.9 Å². The number of benzene rings is 1. The van der Waals surface area contributed by atoms with E-state index in [2.05, 4.69) is 15.5 Å². The van der Waals surface area contributed by atoms with Gasteiger partial charge < -0.3 is 26.1 Å². The number of rotatable bonds is 7. The molecule has 5 N–H and O–H groups in total. The number of thiazole rings is 1. The second-order valence-corrected chi connectivity index (χ2v) is 10.2. The number of fused-ring (bicyclic) bond motifs is 2. The van der Waals surface area contributed by atoms with Crippen LogP contribution in [-0.4, -0.2) is 67.9 Å². The number of phenolic OH excluding ortho intramolecular Hbond substituents is 1. The van der Waals surface area contributed by atoms with Crippen molar-refractivity contribution in [2.75, 3.05) is 18.6 Å². The summed E-state index contributed by atoms with van der Waals surface area (Å²) in [5.41, 5.74) is 6.97. The number of aromatic nitrogens is 2. The quantitative estimate of drug-likeness (QED) is 0.145. The van der Waals surface area contributed by atoms with E-state index in [0.717, 1.165) is 22.2 Å². The van der Waals surface area contributed by atoms with E-state index in [1.54, 1.807) is 29.6 Å². The van der Waals surface area contributed by atoms with Crippen LogP contribution in [0.1, 0.15) is 5.69 Å². The molecule has 0 bridgehead atoms. The molecule has 0 radical (unpaired) electrons. The highest BCUT2D eigenvalue weighted by molar-refractivity contribution is 8.00. The predicted octanol–water partition coefficient (Wildman–Crippen LogP) is 0.661. The number of amides is 2. The lowest BCUT2D eigenvalue weighted by Gasteiger charge is -2.49. The molecule has 1 saturated heterocycles. The molecule has 5 rings (SSSR count). The smallest absolute Gasteiger partial charge is 0.352 e. The normalized spacial score (nSPS) is 19.4. The van der Waals surface area contributed by atoms with Crippen molar-refractivity contribution in [3.05, 3.63) is 58.9 Å². The molecule has 4 heterocycles. The van der Waals surface area contributed by atoms with Crippen molar-refractivity contribution in [2.24, 2.45) is 5.16 Å². The SMILES string of the molecule is CON=C(C(=O)NC1C(=O)N2C(C(=O)O)=C(C[n+]3cccc4cc(O)ccc43)CS[C@@H]12)c1csc(N)n1. The van der Waals surface area contributed by atoms with E-state index < -0.39 is 29.2 Å². The van der Waals surface area contributed by atoms with Crippen molar-refractivity contribution < 1.29 is 34.0 Å². The number of thioether (sulfide) groups is 1. The van der Waals surface area contributed by atoms with Crippen LogP contribution >= 0.6 is 23.1 Å². The van der Waals surface area contributed by atoms with Gasteiger partial charge in [-0.3, -0.25) is 14.5 Å². The summed E-state index contributed by atoms with van der Waals surface area (Å²) < 4.78 is 1.87. The molecular weight excluding hydrogens is 520 g/mol. The highest BCUT2D eigenvalue weighted by Crippen LogP contribution is 2.40. The number of aromatic hydroxyl groups is 1. The van der Waals surface area contributed by atoms with Crippen LogP contribution in [0, 0.1) is 0 Å². The van der Waals surface area contributed by atoms with E-state index in [1.807, 2.05) is 16.8 Å². The third-order valence-electron chi connectivity index (χ3n) is 5.92. The predicted molar refractivity (Wildman–Crippen MR) is 136 cm³/mol. The number of oxime groups is 1. The van der Waals surface area contributed by atoms with Gasteiger partial charge in [0.05, 0.1) is 5.39 Å². The monoisotopic (exact) mass is 541 g/mol. The molecule has 1 aromatic carbocycles. The molecule has 0 aliphatic carbocycles. The molecule has 1 unspecified atom stereocenters. The molecule has 1 fully saturated rings. The van der Waals surface area contributed by atoms with Gasteiger partial charge in [-0.15, -0.1) is 23.1 Å². The Morgan fingerprint density at radius 1 is 1.38 bits per heavy atom. The maximum atomic E-state index is 13.1. The zero-order chi connectivity index (χ0) is 26.3. The third kappa shape index (κ3) is 4.44. The number of phenols is 1. The number of anilines is 1. The fourth-order valence-electron chi connectivity index (χ4n) is 4.32. The number of aliphatic carboxylic acids is 1. The summed E-state index contributed by atoms with van der Waals surface area (Å²) in [5.74, 6) is -1.99. The van der Waals surface area contributed by atoms with Crippen LogP contribution in [0.3, 0.4) is 0 Å². The molecule has 14 heteroatoms. The number of carbonyl (C=O) groups excluding carboxylic acids is 2. The van der Waals surface area contributed by atoms with Gasteiger partial charge in [0.25, 0.3) is 11.8 Å². The summed E-state index contributed by atoms with van der Waals surface area (Å²) in [4.78, 5) is 48.3. The largest absolute Gasteiger partial charge is 0.508 e. The minimum Gasteiger partial charge on any atom is -0.508 e. The summed E-state index contributed by atoms with van der Waals surface area (Å²) in [6.07, 6.45) is 1.81. The summed E-state index contributed by atoms with van der Waals surface area (Å²) in [6.45, 7) is 0.236. The molecule has 37 heavy (non-hydrogen) atoms. The number of carboxylic acids is 1. The van der Waals surface area contributed by atoms with E-state index >= 15 is 0 Å². The summed E-state index contributed by atoms with van der Waals surface area (Å²) in [7, 11) is 1.28. The molecule has 2 atom stereocenters. The summed E-state index contributed by atoms with van der Waals surface area (Å²) in [5, 5.41) is 28.1. The maximum Gasteiger partial charge on any atom is 0.352 e. The number of nitrogens with one attached hydrogen (secondary N) is 1. The van der Waals surface area contributed by atoms with Crippen molar-refractivity contribution in [1.82, 2.24) is 15.2 Å². The van der Waals surface area contributed by atoms with E-state index in [1.165, 1.54) is 23.8 Å². The van der Waals surface area contributed by atoms with Gasteiger partial charge in [0, 0.05) is 28.8 Å². The highest BCUT2D eigenvalue weighted by atomic mass is 32.2. The minimum atomic E-state index is -1.23. The Morgan fingerprint density at radius 3 is 2.89 bits per heavy atom. The Labute approximate surface area is 218 Å². The first-order valence-corrected chi connectivity index (χ1v) is 12.9. The molecule has 0 saturated carbocycles. The number of carboxylic acid groups (broad SMARTS) is 1. The number of nitrogens with zero attached hydrogens (tertiary/aromatic N) is 4. The van der Waals surface area contributed by atoms with Crippen LogP contribution in [-0.2, 0) is 25.8 Å². The Balaban J connectivity index is 1.39. The van der Waals surface area contributed by atoms with E-state index in [-0.39, 0.29) is 34.5 Å². The molecule has 0 spiro atoms. The lowest BCUT2D eigenvalue weighted by molar-refractivity contribution is -0.663. The van der Waals surface area contributed by atoms with Gasteiger partial charge >= 0.3 is 5.97 Å². The lowest BCUT2D eigenvalue weighted by Crippen LogP contribution is -2.71. The Kier molecular flexibility index (Phi) is 6.43. The van der Waals surface area contributed by atoms with Gasteiger partial charge in [0.2, 0.25) is 5.52 Å². The second-order valence-electron chi connectivity index (χ2n) is 8.19. The fraction of sp³-hybridized carbons (Fsp3) is 0.217. The second kappa shape index (κ2) is 9.71. The first kappa shape index (κ1) is 24.5. The van der Waals surface area contributed by atoms with E-state index in [4.69, 9.17) is 10.6 Å². The molecule has 2 amide bonds. The maximum absolute atomic E-state index is 13.1. The van der Waals surface area contributed by atoms with Gasteiger partial charge in [0.1, 0.15) is 35.7 Å². The fourth-order valence-corrected chi connectivity index (χ4v) is 6.20. The standard InChI is InChI=1S/C23H20N6O6S2/c1-35-27-16(14-10-37-23(24)25-14)19(31)26-17-20(32)29-18(22(33)34)12(9-36-21(17)29)8-28-6-2-3-11-7-13(30)4-5-15(11)28/h2-7,10,17,21H,8-9H2,1H3,(H4-,24,25,26,30,31,33,34)/p+1/t17?,21-/m0/s1. The van der Waals surface area contributed by atoms with Crippen molar-refractivity contribution in [3.8, 4) is 5.75 Å². The highest BCUT2D eigenvalue weighted by Gasteiger charge is 2.54. The van der Waals surface area contributed by atoms with E-state index in [9.17, 15) is 24.6 Å². The van der Waals surface area contributed by atoms with Gasteiger partial charge in [-0.05, 0) is 18.2 Å². The zero-order valence-corrected chi connectivity index (χ0v) is 21.0. The number of carbonyl (C=O) groups is 3. The molecule has 2 aliphatic heterocycles. The van der Waals surface area contributed by atoms with Crippen molar-refractivity contribution in [2.45, 2.75) is 18.0 Å². The number of β-lactam (4-membered cyclic amide) rings is 1. The van der Waals surface area contributed by atoms with Crippen molar-refractivity contribution in [1.29, 1.82) is 0 Å². The van der Waals surface area contributed by atoms with Crippen molar-refractivity contribution >= 4 is 62.6 Å². The number of nitrogen functional groups attached to an aromatic ring is 1. The number of pyridine rings is 1. The van der Waals surface area contributed by atoms with Gasteiger partial charge in [-0.2, -0.15) is 4.57 Å². The lowest BCUT2D eigenvalue weighted by atomic mass is 10.0. The van der Waals surface area contributed by atoms with Crippen LogP contribution in [0.15, 0.2) is 58.3 Å². The van der Waals surface area contributed by atoms with Crippen LogP contribution < -0.4 is 15.6 Å². The molecule has 3 aromatic rings.